The van der Waals surface area contributed by atoms with E-state index in [9.17, 15) is 18.0 Å². The monoisotopic (exact) mass is 325 g/mol. The number of imide groups is 1. The standard InChI is InChI=1S/C14H15NO6S/c16-13-6-7-14(17)15(13)8-9-20-10-11-21-22(18,19)12-4-2-1-3-5-12/h1-7H,8-11H2. The average Bonchev–Trinajstić information content (AvgIpc) is 2.83. The summed E-state index contributed by atoms with van der Waals surface area (Å²) in [5, 5.41) is 0. The SMILES string of the molecule is O=C1C=CC(=O)N1CCOCCOS(=O)(=O)c1ccccc1. The van der Waals surface area contributed by atoms with E-state index in [-0.39, 0.29) is 43.1 Å². The van der Waals surface area contributed by atoms with Gasteiger partial charge in [-0.1, -0.05) is 18.2 Å². The van der Waals surface area contributed by atoms with Crippen LogP contribution in [0.3, 0.4) is 0 Å². The Bertz CT molecular complexity index is 650. The molecule has 0 aliphatic carbocycles. The minimum atomic E-state index is -3.79. The molecule has 118 valence electrons. The smallest absolute Gasteiger partial charge is 0.297 e. The molecular weight excluding hydrogens is 310 g/mol. The number of hydrogen-bond acceptors (Lipinski definition) is 6. The molecule has 0 saturated carbocycles. The third-order valence-electron chi connectivity index (χ3n) is 2.86. The van der Waals surface area contributed by atoms with Crippen LogP contribution in [-0.4, -0.2) is 51.5 Å². The first kappa shape index (κ1) is 16.3. The molecule has 0 unspecified atom stereocenters. The second-order valence-corrected chi connectivity index (χ2v) is 5.98. The summed E-state index contributed by atoms with van der Waals surface area (Å²) in [6, 6.07) is 7.79. The van der Waals surface area contributed by atoms with Crippen molar-refractivity contribution in [3.8, 4) is 0 Å². The van der Waals surface area contributed by atoms with Crippen molar-refractivity contribution in [2.75, 3.05) is 26.4 Å². The van der Waals surface area contributed by atoms with E-state index in [0.29, 0.717) is 0 Å². The van der Waals surface area contributed by atoms with E-state index in [2.05, 4.69) is 0 Å². The second kappa shape index (κ2) is 7.30. The first-order valence-corrected chi connectivity index (χ1v) is 7.97. The molecule has 0 N–H and O–H groups in total. The molecule has 7 nitrogen and oxygen atoms in total. The molecule has 0 atom stereocenters. The van der Waals surface area contributed by atoms with Gasteiger partial charge in [0.2, 0.25) is 0 Å². The summed E-state index contributed by atoms with van der Waals surface area (Å²) < 4.78 is 33.5. The van der Waals surface area contributed by atoms with Crippen molar-refractivity contribution < 1.29 is 26.9 Å². The van der Waals surface area contributed by atoms with E-state index in [4.69, 9.17) is 8.92 Å². The number of nitrogens with zero attached hydrogens (tertiary/aromatic N) is 1. The predicted octanol–water partition coefficient (Wildman–Crippen LogP) is 0.333. The third-order valence-corrected chi connectivity index (χ3v) is 4.18. The Hall–Kier alpha value is -2.03. The molecule has 1 aromatic carbocycles. The molecule has 1 aromatic rings. The van der Waals surface area contributed by atoms with Crippen LogP contribution < -0.4 is 0 Å². The second-order valence-electron chi connectivity index (χ2n) is 4.36. The van der Waals surface area contributed by atoms with Gasteiger partial charge in [0.1, 0.15) is 0 Å². The van der Waals surface area contributed by atoms with Crippen LogP contribution >= 0.6 is 0 Å². The van der Waals surface area contributed by atoms with Crippen molar-refractivity contribution in [1.29, 1.82) is 0 Å². The zero-order valence-electron chi connectivity index (χ0n) is 11.7. The van der Waals surface area contributed by atoms with Gasteiger partial charge in [-0.05, 0) is 12.1 Å². The van der Waals surface area contributed by atoms with Crippen LogP contribution in [0.15, 0.2) is 47.4 Å². The van der Waals surface area contributed by atoms with E-state index in [1.807, 2.05) is 0 Å². The number of hydrogen-bond donors (Lipinski definition) is 0. The van der Waals surface area contributed by atoms with Crippen LogP contribution in [0.25, 0.3) is 0 Å². The fourth-order valence-electron chi connectivity index (χ4n) is 1.77. The van der Waals surface area contributed by atoms with Crippen LogP contribution in [0.1, 0.15) is 0 Å². The Kier molecular flexibility index (Phi) is 5.42. The number of carbonyl (C=O) groups is 2. The first-order valence-electron chi connectivity index (χ1n) is 6.56. The Morgan fingerprint density at radius 3 is 2.18 bits per heavy atom. The lowest BCUT2D eigenvalue weighted by Crippen LogP contribution is -2.33. The van der Waals surface area contributed by atoms with Gasteiger partial charge in [0.05, 0.1) is 31.3 Å². The van der Waals surface area contributed by atoms with E-state index < -0.39 is 10.1 Å². The van der Waals surface area contributed by atoms with Crippen LogP contribution in [0.2, 0.25) is 0 Å². The van der Waals surface area contributed by atoms with Crippen molar-refractivity contribution in [3.05, 3.63) is 42.5 Å². The zero-order valence-corrected chi connectivity index (χ0v) is 12.5. The molecule has 0 aromatic heterocycles. The van der Waals surface area contributed by atoms with Gasteiger partial charge in [-0.25, -0.2) is 0 Å². The topological polar surface area (TPSA) is 90.0 Å². The van der Waals surface area contributed by atoms with Gasteiger partial charge < -0.3 is 4.74 Å². The Labute approximate surface area is 128 Å². The molecule has 1 aliphatic heterocycles. The van der Waals surface area contributed by atoms with Gasteiger partial charge in [-0.3, -0.25) is 18.7 Å². The third kappa shape index (κ3) is 4.23. The normalized spacial score (nSPS) is 14.8. The maximum absolute atomic E-state index is 11.8. The Morgan fingerprint density at radius 2 is 1.55 bits per heavy atom. The molecule has 1 heterocycles. The number of rotatable bonds is 8. The van der Waals surface area contributed by atoms with E-state index in [1.54, 1.807) is 18.2 Å². The van der Waals surface area contributed by atoms with Crippen LogP contribution in [0.5, 0.6) is 0 Å². The van der Waals surface area contributed by atoms with Crippen molar-refractivity contribution in [3.63, 3.8) is 0 Å². The quantitative estimate of drug-likeness (QED) is 0.389. The molecule has 2 rings (SSSR count). The van der Waals surface area contributed by atoms with Crippen LogP contribution in [0, 0.1) is 0 Å². The predicted molar refractivity (Wildman–Crippen MR) is 76.3 cm³/mol. The van der Waals surface area contributed by atoms with Gasteiger partial charge in [-0.2, -0.15) is 8.42 Å². The maximum Gasteiger partial charge on any atom is 0.297 e. The van der Waals surface area contributed by atoms with Gasteiger partial charge in [0.15, 0.2) is 0 Å². The largest absolute Gasteiger partial charge is 0.377 e. The fraction of sp³-hybridized carbons (Fsp3) is 0.286. The van der Waals surface area contributed by atoms with Gasteiger partial charge >= 0.3 is 0 Å². The van der Waals surface area contributed by atoms with Gasteiger partial charge in [0.25, 0.3) is 21.9 Å². The van der Waals surface area contributed by atoms with Crippen LogP contribution in [-0.2, 0) is 28.6 Å². The highest BCUT2D eigenvalue weighted by Crippen LogP contribution is 2.10. The lowest BCUT2D eigenvalue weighted by Gasteiger charge is -2.13. The highest BCUT2D eigenvalue weighted by molar-refractivity contribution is 7.86. The average molecular weight is 325 g/mol. The van der Waals surface area contributed by atoms with Crippen LogP contribution in [0.4, 0.5) is 0 Å². The molecule has 0 fully saturated rings. The highest BCUT2D eigenvalue weighted by Gasteiger charge is 2.22. The summed E-state index contributed by atoms with van der Waals surface area (Å²) in [4.78, 5) is 23.6. The van der Waals surface area contributed by atoms with Gasteiger partial charge in [0, 0.05) is 12.2 Å². The Morgan fingerprint density at radius 1 is 0.909 bits per heavy atom. The van der Waals surface area contributed by atoms with E-state index in [1.165, 1.54) is 24.3 Å². The fourth-order valence-corrected chi connectivity index (χ4v) is 2.68. The van der Waals surface area contributed by atoms with Crippen molar-refractivity contribution in [1.82, 2.24) is 4.90 Å². The Balaban J connectivity index is 1.66. The van der Waals surface area contributed by atoms with Gasteiger partial charge in [-0.15, -0.1) is 0 Å². The summed E-state index contributed by atoms with van der Waals surface area (Å²) >= 11 is 0. The van der Waals surface area contributed by atoms with Crippen molar-refractivity contribution in [2.24, 2.45) is 0 Å². The molecular formula is C14H15NO6S. The highest BCUT2D eigenvalue weighted by atomic mass is 32.2. The maximum atomic E-state index is 11.8. The molecule has 0 spiro atoms. The number of ether oxygens (including phenoxy) is 1. The summed E-state index contributed by atoms with van der Waals surface area (Å²) in [5.41, 5.74) is 0. The molecule has 2 amide bonds. The molecule has 0 bridgehead atoms. The van der Waals surface area contributed by atoms with Crippen molar-refractivity contribution >= 4 is 21.9 Å². The molecule has 0 radical (unpaired) electrons. The van der Waals surface area contributed by atoms with E-state index >= 15 is 0 Å². The summed E-state index contributed by atoms with van der Waals surface area (Å²) in [7, 11) is -3.79. The number of carbonyl (C=O) groups excluding carboxylic acids is 2. The summed E-state index contributed by atoms with van der Waals surface area (Å²) in [5.74, 6) is -0.756. The first-order chi connectivity index (χ1) is 10.5. The van der Waals surface area contributed by atoms with Crippen molar-refractivity contribution in [2.45, 2.75) is 4.90 Å². The molecule has 0 saturated heterocycles. The zero-order chi connectivity index (χ0) is 16.0. The summed E-state index contributed by atoms with van der Waals surface area (Å²) in [6.45, 7) is 0.136. The molecule has 8 heteroatoms. The lowest BCUT2D eigenvalue weighted by molar-refractivity contribution is -0.137. The number of amides is 2. The minimum Gasteiger partial charge on any atom is -0.377 e. The summed E-state index contributed by atoms with van der Waals surface area (Å²) in [6.07, 6.45) is 2.38. The molecule has 22 heavy (non-hydrogen) atoms. The molecule has 1 aliphatic rings. The minimum absolute atomic E-state index is 0.0374. The lowest BCUT2D eigenvalue weighted by atomic mass is 10.4. The van der Waals surface area contributed by atoms with E-state index in [0.717, 1.165) is 4.90 Å². The number of benzene rings is 1.